The van der Waals surface area contributed by atoms with Gasteiger partial charge >= 0.3 is 36.2 Å². The number of alkyl halides is 4. The maximum atomic E-state index is 13.2. The predicted molar refractivity (Wildman–Crippen MR) is 148 cm³/mol. The van der Waals surface area contributed by atoms with Crippen molar-refractivity contribution in [2.75, 3.05) is 78.7 Å². The maximum absolute atomic E-state index is 13.2. The molecule has 18 heteroatoms. The van der Waals surface area contributed by atoms with Crippen LogP contribution in [0.15, 0.2) is 24.3 Å². The zero-order chi connectivity index (χ0) is 33.7. The summed E-state index contributed by atoms with van der Waals surface area (Å²) >= 11 is 0. The zero-order valence-electron chi connectivity index (χ0n) is 24.3. The molecule has 0 amide bonds. The quantitative estimate of drug-likeness (QED) is 0.156. The van der Waals surface area contributed by atoms with E-state index < -0.39 is 74.6 Å². The summed E-state index contributed by atoms with van der Waals surface area (Å²) in [6.07, 6.45) is -4.02. The number of hydrogen-bond donors (Lipinski definition) is 5. The second-order valence-corrected chi connectivity index (χ2v) is 10.5. The van der Waals surface area contributed by atoms with Gasteiger partial charge in [0.15, 0.2) is 6.61 Å². The molecule has 1 aromatic carbocycles. The number of halogens is 4. The molecule has 0 bridgehead atoms. The van der Waals surface area contributed by atoms with Crippen LogP contribution in [0.25, 0.3) is 0 Å². The standard InChI is InChI=1S/C27H38F4N4O10/c28-26(29)27(30,31)17-45-19-3-1-18(2-4-19)13-20(24(41)42)34-9-5-32(14-22(37)38)7-11-35(21(16-36)25(43)44)12-8-33(6-10-34)15-23(39)40/h1-4,20-21,26,36H,5-17H2,(H,37,38)(H,39,40)(H,41,42)(H,43,44)/t20?,21-/m0/s1. The van der Waals surface area contributed by atoms with Crippen LogP contribution in [0.1, 0.15) is 5.56 Å². The lowest BCUT2D eigenvalue weighted by Crippen LogP contribution is -2.54. The third-order valence-corrected chi connectivity index (χ3v) is 7.26. The summed E-state index contributed by atoms with van der Waals surface area (Å²) < 4.78 is 55.9. The first-order valence-electron chi connectivity index (χ1n) is 13.9. The smallest absolute Gasteiger partial charge is 0.340 e. The van der Waals surface area contributed by atoms with Crippen LogP contribution < -0.4 is 4.74 Å². The fourth-order valence-electron chi connectivity index (χ4n) is 4.76. The van der Waals surface area contributed by atoms with Gasteiger partial charge < -0.3 is 30.3 Å². The minimum absolute atomic E-state index is 0.0196. The number of carboxylic acids is 4. The highest BCUT2D eigenvalue weighted by molar-refractivity contribution is 5.74. The normalized spacial score (nSPS) is 18.4. The number of aliphatic hydroxyl groups is 1. The van der Waals surface area contributed by atoms with E-state index >= 15 is 0 Å². The number of rotatable bonds is 15. The Labute approximate surface area is 256 Å². The summed E-state index contributed by atoms with van der Waals surface area (Å²) in [5.41, 5.74) is 0.436. The van der Waals surface area contributed by atoms with Gasteiger partial charge in [-0.2, -0.15) is 8.78 Å². The van der Waals surface area contributed by atoms with Gasteiger partial charge in [0.2, 0.25) is 0 Å². The second kappa shape index (κ2) is 17.8. The van der Waals surface area contributed by atoms with E-state index in [-0.39, 0.29) is 64.5 Å². The minimum atomic E-state index is -4.35. The molecule has 14 nitrogen and oxygen atoms in total. The SMILES string of the molecule is O=C(O)CN1CCN(C(Cc2ccc(OCC(F)(F)C(F)F)cc2)C(=O)O)CCN(CC(=O)O)CCN([C@@H](CO)C(=O)O)CC1. The molecule has 2 atom stereocenters. The molecule has 1 saturated heterocycles. The molecule has 5 N–H and O–H groups in total. The molecule has 0 radical (unpaired) electrons. The molecule has 1 aromatic rings. The lowest BCUT2D eigenvalue weighted by molar-refractivity contribution is -0.148. The summed E-state index contributed by atoms with van der Waals surface area (Å²) in [5.74, 6) is -9.38. The monoisotopic (exact) mass is 654 g/mol. The van der Waals surface area contributed by atoms with Crippen molar-refractivity contribution < 1.29 is 67.0 Å². The summed E-state index contributed by atoms with van der Waals surface area (Å²) in [6.45, 7) is -2.87. The number of ether oxygens (including phenoxy) is 1. The van der Waals surface area contributed by atoms with Crippen LogP contribution in [-0.4, -0.2) is 172 Å². The Morgan fingerprint density at radius 2 is 1.16 bits per heavy atom. The van der Waals surface area contributed by atoms with Gasteiger partial charge in [-0.05, 0) is 24.1 Å². The average molecular weight is 655 g/mol. The van der Waals surface area contributed by atoms with Crippen molar-refractivity contribution in [2.24, 2.45) is 0 Å². The molecule has 2 rings (SSSR count). The molecule has 1 fully saturated rings. The van der Waals surface area contributed by atoms with E-state index in [9.17, 15) is 62.3 Å². The molecule has 0 saturated carbocycles. The number of benzene rings is 1. The van der Waals surface area contributed by atoms with Gasteiger partial charge in [-0.3, -0.25) is 38.8 Å². The third-order valence-electron chi connectivity index (χ3n) is 7.26. The van der Waals surface area contributed by atoms with Crippen molar-refractivity contribution in [3.8, 4) is 5.75 Å². The number of aliphatic hydroxyl groups excluding tert-OH is 1. The van der Waals surface area contributed by atoms with Crippen molar-refractivity contribution in [1.82, 2.24) is 19.6 Å². The molecule has 1 aliphatic heterocycles. The van der Waals surface area contributed by atoms with Gasteiger partial charge in [0.05, 0.1) is 19.7 Å². The maximum Gasteiger partial charge on any atom is 0.340 e. The topological polar surface area (TPSA) is 192 Å². The number of hydrogen-bond acceptors (Lipinski definition) is 10. The first kappa shape index (κ1) is 37.6. The van der Waals surface area contributed by atoms with Crippen molar-refractivity contribution in [1.29, 1.82) is 0 Å². The Morgan fingerprint density at radius 3 is 1.51 bits per heavy atom. The van der Waals surface area contributed by atoms with Crippen LogP contribution in [-0.2, 0) is 25.6 Å². The molecular weight excluding hydrogens is 616 g/mol. The van der Waals surface area contributed by atoms with Gasteiger partial charge in [-0.1, -0.05) is 12.1 Å². The average Bonchev–Trinajstić information content (AvgIpc) is 2.95. The van der Waals surface area contributed by atoms with E-state index in [1.165, 1.54) is 39.0 Å². The summed E-state index contributed by atoms with van der Waals surface area (Å²) in [6, 6.07) is 2.75. The molecule has 1 heterocycles. The Kier molecular flexibility index (Phi) is 14.9. The zero-order valence-corrected chi connectivity index (χ0v) is 24.3. The molecular formula is C27H38F4N4O10. The summed E-state index contributed by atoms with van der Waals surface area (Å²) in [4.78, 5) is 53.2. The van der Waals surface area contributed by atoms with E-state index in [2.05, 4.69) is 0 Å². The second-order valence-electron chi connectivity index (χ2n) is 10.5. The van der Waals surface area contributed by atoms with Crippen LogP contribution in [0.5, 0.6) is 5.75 Å². The molecule has 1 unspecified atom stereocenters. The van der Waals surface area contributed by atoms with Crippen molar-refractivity contribution >= 4 is 23.9 Å². The van der Waals surface area contributed by atoms with Gasteiger partial charge in [-0.25, -0.2) is 8.78 Å². The van der Waals surface area contributed by atoms with Crippen LogP contribution >= 0.6 is 0 Å². The minimum Gasteiger partial charge on any atom is -0.487 e. The Morgan fingerprint density at radius 1 is 0.733 bits per heavy atom. The van der Waals surface area contributed by atoms with E-state index in [1.807, 2.05) is 0 Å². The first-order chi connectivity index (χ1) is 21.1. The fourth-order valence-corrected chi connectivity index (χ4v) is 4.76. The third kappa shape index (κ3) is 12.7. The predicted octanol–water partition coefficient (Wildman–Crippen LogP) is -0.202. The van der Waals surface area contributed by atoms with E-state index in [0.29, 0.717) is 5.56 Å². The molecule has 0 aliphatic carbocycles. The summed E-state index contributed by atoms with van der Waals surface area (Å²) in [5, 5.41) is 48.2. The number of aliphatic carboxylic acids is 4. The van der Waals surface area contributed by atoms with E-state index in [0.717, 1.165) is 0 Å². The van der Waals surface area contributed by atoms with Crippen molar-refractivity contribution in [2.45, 2.75) is 30.9 Å². The van der Waals surface area contributed by atoms with E-state index in [4.69, 9.17) is 4.74 Å². The van der Waals surface area contributed by atoms with Crippen LogP contribution in [0, 0.1) is 0 Å². The van der Waals surface area contributed by atoms with Crippen molar-refractivity contribution in [3.63, 3.8) is 0 Å². The van der Waals surface area contributed by atoms with Gasteiger partial charge in [0, 0.05) is 52.4 Å². The summed E-state index contributed by atoms with van der Waals surface area (Å²) in [7, 11) is 0. The highest BCUT2D eigenvalue weighted by atomic mass is 19.3. The molecule has 45 heavy (non-hydrogen) atoms. The van der Waals surface area contributed by atoms with Crippen LogP contribution in [0.2, 0.25) is 0 Å². The van der Waals surface area contributed by atoms with Gasteiger partial charge in [0.1, 0.15) is 17.8 Å². The molecule has 0 spiro atoms. The number of carbonyl (C=O) groups is 4. The van der Waals surface area contributed by atoms with Crippen molar-refractivity contribution in [3.05, 3.63) is 29.8 Å². The molecule has 1 aliphatic rings. The lowest BCUT2D eigenvalue weighted by Gasteiger charge is -2.36. The Balaban J connectivity index is 2.29. The number of carboxylic acid groups (broad SMARTS) is 4. The van der Waals surface area contributed by atoms with Crippen LogP contribution in [0.3, 0.4) is 0 Å². The highest BCUT2D eigenvalue weighted by Crippen LogP contribution is 2.25. The van der Waals surface area contributed by atoms with Gasteiger partial charge in [0.25, 0.3) is 0 Å². The first-order valence-corrected chi connectivity index (χ1v) is 13.9. The number of nitrogens with zero attached hydrogens (tertiary/aromatic N) is 4. The molecule has 0 aromatic heterocycles. The van der Waals surface area contributed by atoms with Gasteiger partial charge in [-0.15, -0.1) is 0 Å². The lowest BCUT2D eigenvalue weighted by atomic mass is 10.0. The largest absolute Gasteiger partial charge is 0.487 e. The highest BCUT2D eigenvalue weighted by Gasteiger charge is 2.41. The molecule has 254 valence electrons. The van der Waals surface area contributed by atoms with Crippen LogP contribution in [0.4, 0.5) is 17.6 Å². The van der Waals surface area contributed by atoms with E-state index in [1.54, 1.807) is 4.90 Å². The Bertz CT molecular complexity index is 1100. The fraction of sp³-hybridized carbons (Fsp3) is 0.630. The Hall–Kier alpha value is -3.58.